The second-order valence-electron chi connectivity index (χ2n) is 5.48. The molecular weight excluding hydrogens is 270 g/mol. The molecule has 0 saturated heterocycles. The van der Waals surface area contributed by atoms with E-state index in [9.17, 15) is 0 Å². The summed E-state index contributed by atoms with van der Waals surface area (Å²) in [5, 5.41) is 3.61. The number of nitrogens with one attached hydrogen (secondary N) is 1. The number of methoxy groups -OCH3 is 2. The molecule has 0 aromatic heterocycles. The van der Waals surface area contributed by atoms with Gasteiger partial charge in [-0.3, -0.25) is 0 Å². The summed E-state index contributed by atoms with van der Waals surface area (Å²) in [5.74, 6) is 1.60. The standard InChI is InChI=1S/C16H25NO2S/c1-5-16(6-7-16)11-17-10-12-8-13(18-2)14(19-3)9-15(12)20-4/h8-9,17H,5-7,10-11H2,1-4H3. The van der Waals surface area contributed by atoms with E-state index in [1.165, 1.54) is 29.7 Å². The van der Waals surface area contributed by atoms with Crippen molar-refractivity contribution >= 4 is 11.8 Å². The lowest BCUT2D eigenvalue weighted by Crippen LogP contribution is -2.23. The molecule has 3 nitrogen and oxygen atoms in total. The summed E-state index contributed by atoms with van der Waals surface area (Å²) in [6.07, 6.45) is 6.12. The molecule has 1 fully saturated rings. The van der Waals surface area contributed by atoms with Crippen molar-refractivity contribution in [1.29, 1.82) is 0 Å². The average Bonchev–Trinajstić information content (AvgIpc) is 3.27. The van der Waals surface area contributed by atoms with Gasteiger partial charge in [0.05, 0.1) is 14.2 Å². The molecule has 1 saturated carbocycles. The Morgan fingerprint density at radius 3 is 2.35 bits per heavy atom. The molecule has 0 radical (unpaired) electrons. The summed E-state index contributed by atoms with van der Waals surface area (Å²) in [4.78, 5) is 1.25. The minimum Gasteiger partial charge on any atom is -0.493 e. The molecule has 1 N–H and O–H groups in total. The van der Waals surface area contributed by atoms with E-state index in [0.717, 1.165) is 24.6 Å². The van der Waals surface area contributed by atoms with E-state index < -0.39 is 0 Å². The first-order valence-corrected chi connectivity index (χ1v) is 8.40. The van der Waals surface area contributed by atoms with Gasteiger partial charge in [0.2, 0.25) is 0 Å². The molecule has 0 amide bonds. The van der Waals surface area contributed by atoms with Crippen molar-refractivity contribution in [2.45, 2.75) is 37.6 Å². The molecular formula is C16H25NO2S. The van der Waals surface area contributed by atoms with E-state index in [1.54, 1.807) is 26.0 Å². The third-order valence-electron chi connectivity index (χ3n) is 4.31. The van der Waals surface area contributed by atoms with Crippen LogP contribution in [-0.4, -0.2) is 27.0 Å². The highest BCUT2D eigenvalue weighted by atomic mass is 32.2. The van der Waals surface area contributed by atoms with Crippen LogP contribution in [0.4, 0.5) is 0 Å². The van der Waals surface area contributed by atoms with Gasteiger partial charge in [-0.25, -0.2) is 0 Å². The highest BCUT2D eigenvalue weighted by Crippen LogP contribution is 2.48. The van der Waals surface area contributed by atoms with Crippen molar-refractivity contribution in [2.75, 3.05) is 27.0 Å². The van der Waals surface area contributed by atoms with Gasteiger partial charge in [0.15, 0.2) is 11.5 Å². The Balaban J connectivity index is 2.05. The van der Waals surface area contributed by atoms with Gasteiger partial charge < -0.3 is 14.8 Å². The van der Waals surface area contributed by atoms with Gasteiger partial charge in [0.1, 0.15) is 0 Å². The van der Waals surface area contributed by atoms with E-state index in [1.807, 2.05) is 0 Å². The van der Waals surface area contributed by atoms with Gasteiger partial charge in [0, 0.05) is 18.0 Å². The zero-order valence-electron chi connectivity index (χ0n) is 12.9. The first kappa shape index (κ1) is 15.5. The van der Waals surface area contributed by atoms with Crippen LogP contribution in [-0.2, 0) is 6.54 Å². The van der Waals surface area contributed by atoms with Crippen molar-refractivity contribution in [2.24, 2.45) is 5.41 Å². The molecule has 4 heteroatoms. The minimum atomic E-state index is 0.579. The van der Waals surface area contributed by atoms with Crippen LogP contribution in [0.3, 0.4) is 0 Å². The maximum atomic E-state index is 5.40. The Hall–Kier alpha value is -0.870. The number of hydrogen-bond donors (Lipinski definition) is 1. The number of thioether (sulfide) groups is 1. The lowest BCUT2D eigenvalue weighted by molar-refractivity contribution is 0.353. The van der Waals surface area contributed by atoms with Crippen molar-refractivity contribution in [3.63, 3.8) is 0 Å². The van der Waals surface area contributed by atoms with Gasteiger partial charge in [-0.1, -0.05) is 6.92 Å². The quantitative estimate of drug-likeness (QED) is 0.741. The second-order valence-corrected chi connectivity index (χ2v) is 6.32. The predicted octanol–water partition coefficient (Wildman–Crippen LogP) is 3.71. The predicted molar refractivity (Wildman–Crippen MR) is 85.0 cm³/mol. The molecule has 1 aliphatic rings. The van der Waals surface area contributed by atoms with Crippen molar-refractivity contribution in [3.05, 3.63) is 17.7 Å². The highest BCUT2D eigenvalue weighted by molar-refractivity contribution is 7.98. The van der Waals surface area contributed by atoms with E-state index in [4.69, 9.17) is 9.47 Å². The summed E-state index contributed by atoms with van der Waals surface area (Å²) >= 11 is 1.75. The molecule has 0 unspecified atom stereocenters. The number of benzene rings is 1. The molecule has 0 aliphatic heterocycles. The number of hydrogen-bond acceptors (Lipinski definition) is 4. The molecule has 0 atom stereocenters. The Morgan fingerprint density at radius 2 is 1.85 bits per heavy atom. The van der Waals surface area contributed by atoms with Crippen LogP contribution in [0.2, 0.25) is 0 Å². The summed E-state index contributed by atoms with van der Waals surface area (Å²) in [7, 11) is 3.36. The molecule has 2 rings (SSSR count). The zero-order chi connectivity index (χ0) is 14.6. The van der Waals surface area contributed by atoms with Crippen LogP contribution in [0.15, 0.2) is 17.0 Å². The van der Waals surface area contributed by atoms with Gasteiger partial charge in [-0.05, 0) is 48.6 Å². The minimum absolute atomic E-state index is 0.579. The van der Waals surface area contributed by atoms with Crippen LogP contribution in [0.1, 0.15) is 31.7 Å². The van der Waals surface area contributed by atoms with Crippen LogP contribution in [0.25, 0.3) is 0 Å². The Bertz CT molecular complexity index is 458. The number of ether oxygens (including phenoxy) is 2. The smallest absolute Gasteiger partial charge is 0.161 e. The normalized spacial score (nSPS) is 16.0. The van der Waals surface area contributed by atoms with Gasteiger partial charge in [-0.2, -0.15) is 0 Å². The third-order valence-corrected chi connectivity index (χ3v) is 5.13. The summed E-state index contributed by atoms with van der Waals surface area (Å²) < 4.78 is 10.8. The Morgan fingerprint density at radius 1 is 1.20 bits per heavy atom. The topological polar surface area (TPSA) is 30.5 Å². The molecule has 20 heavy (non-hydrogen) atoms. The zero-order valence-corrected chi connectivity index (χ0v) is 13.7. The van der Waals surface area contributed by atoms with E-state index >= 15 is 0 Å². The Labute approximate surface area is 126 Å². The maximum Gasteiger partial charge on any atom is 0.161 e. The summed E-state index contributed by atoms with van der Waals surface area (Å²) in [5.41, 5.74) is 1.86. The lowest BCUT2D eigenvalue weighted by atomic mass is 10.0. The fourth-order valence-corrected chi connectivity index (χ4v) is 3.14. The second kappa shape index (κ2) is 6.72. The average molecular weight is 295 g/mol. The monoisotopic (exact) mass is 295 g/mol. The molecule has 1 aliphatic carbocycles. The Kier molecular flexibility index (Phi) is 5.22. The molecule has 1 aromatic carbocycles. The van der Waals surface area contributed by atoms with Crippen molar-refractivity contribution in [3.8, 4) is 11.5 Å². The molecule has 0 bridgehead atoms. The number of rotatable bonds is 8. The van der Waals surface area contributed by atoms with Crippen LogP contribution in [0.5, 0.6) is 11.5 Å². The largest absolute Gasteiger partial charge is 0.493 e. The van der Waals surface area contributed by atoms with Gasteiger partial charge in [-0.15, -0.1) is 11.8 Å². The maximum absolute atomic E-state index is 5.40. The van der Waals surface area contributed by atoms with Crippen molar-refractivity contribution < 1.29 is 9.47 Å². The molecule has 112 valence electrons. The first-order chi connectivity index (χ1) is 9.68. The van der Waals surface area contributed by atoms with E-state index in [2.05, 4.69) is 30.6 Å². The summed E-state index contributed by atoms with van der Waals surface area (Å²) in [6, 6.07) is 4.15. The lowest BCUT2D eigenvalue weighted by Gasteiger charge is -2.16. The van der Waals surface area contributed by atoms with Gasteiger partial charge >= 0.3 is 0 Å². The SMILES string of the molecule is CCC1(CNCc2cc(OC)c(OC)cc2SC)CC1. The first-order valence-electron chi connectivity index (χ1n) is 7.17. The van der Waals surface area contributed by atoms with E-state index in [0.29, 0.717) is 5.41 Å². The fraction of sp³-hybridized carbons (Fsp3) is 0.625. The summed E-state index contributed by atoms with van der Waals surface area (Å²) in [6.45, 7) is 4.29. The third kappa shape index (κ3) is 3.41. The van der Waals surface area contributed by atoms with Crippen LogP contribution < -0.4 is 14.8 Å². The molecule has 0 spiro atoms. The fourth-order valence-electron chi connectivity index (χ4n) is 2.53. The van der Waals surface area contributed by atoms with E-state index in [-0.39, 0.29) is 0 Å². The van der Waals surface area contributed by atoms with Crippen LogP contribution in [0, 0.1) is 5.41 Å². The molecule has 1 aromatic rings. The van der Waals surface area contributed by atoms with Crippen molar-refractivity contribution in [1.82, 2.24) is 5.32 Å². The highest BCUT2D eigenvalue weighted by Gasteiger charge is 2.39. The molecule has 0 heterocycles. The van der Waals surface area contributed by atoms with Crippen LogP contribution >= 0.6 is 11.8 Å². The van der Waals surface area contributed by atoms with Gasteiger partial charge in [0.25, 0.3) is 0 Å².